The molecule has 1 radical (unpaired) electrons. The second-order valence-electron chi connectivity index (χ2n) is 3.57. The van der Waals surface area contributed by atoms with Crippen LogP contribution in [-0.4, -0.2) is 11.6 Å². The molecule has 1 rings (SSSR count). The fourth-order valence-electron chi connectivity index (χ4n) is 1.97. The lowest BCUT2D eigenvalue weighted by Crippen LogP contribution is -2.35. The second kappa shape index (κ2) is 3.92. The predicted octanol–water partition coefficient (Wildman–Crippen LogP) is 2.48. The van der Waals surface area contributed by atoms with Gasteiger partial charge in [0, 0.05) is 0 Å². The van der Waals surface area contributed by atoms with Crippen LogP contribution < -0.4 is 0 Å². The molecule has 0 aromatic rings. The molecule has 0 amide bonds. The van der Waals surface area contributed by atoms with E-state index >= 15 is 0 Å². The highest BCUT2D eigenvalue weighted by Gasteiger charge is 2.32. The second-order valence-corrected chi connectivity index (χ2v) is 3.57. The van der Waals surface area contributed by atoms with E-state index in [1.54, 1.807) is 0 Å². The van der Waals surface area contributed by atoms with Crippen molar-refractivity contribution in [3.05, 3.63) is 6.92 Å². The molecule has 1 fully saturated rings. The van der Waals surface area contributed by atoms with Crippen LogP contribution in [0.15, 0.2) is 0 Å². The highest BCUT2D eigenvalue weighted by molar-refractivity contribution is 5.74. The number of carbonyl (C=O) groups excluding carboxylic acids is 1. The van der Waals surface area contributed by atoms with Gasteiger partial charge in [-0.15, -0.1) is 0 Å². The van der Waals surface area contributed by atoms with E-state index in [1.807, 2.05) is 0 Å². The van der Waals surface area contributed by atoms with Gasteiger partial charge in [0.2, 0.25) is 0 Å². The molecule has 0 aromatic heterocycles. The van der Waals surface area contributed by atoms with Crippen LogP contribution in [0, 0.1) is 6.92 Å². The quantitative estimate of drug-likeness (QED) is 0.593. The van der Waals surface area contributed by atoms with Crippen LogP contribution in [-0.2, 0) is 9.53 Å². The third-order valence-electron chi connectivity index (χ3n) is 2.74. The largest absolute Gasteiger partial charge is 0.459 e. The molecule has 0 unspecified atom stereocenters. The SMILES string of the molecule is [CH2]C(=O)OC1(CC)CCCCC1. The maximum absolute atomic E-state index is 10.7. The van der Waals surface area contributed by atoms with Crippen LogP contribution in [0.5, 0.6) is 0 Å². The molecule has 1 aliphatic rings. The number of esters is 1. The Kier molecular flexibility index (Phi) is 3.12. The van der Waals surface area contributed by atoms with Crippen molar-refractivity contribution in [1.82, 2.24) is 0 Å². The van der Waals surface area contributed by atoms with E-state index in [0.717, 1.165) is 19.3 Å². The molecule has 0 heterocycles. The molecule has 2 heteroatoms. The van der Waals surface area contributed by atoms with Crippen LogP contribution in [0.3, 0.4) is 0 Å². The molecule has 0 bridgehead atoms. The van der Waals surface area contributed by atoms with Crippen LogP contribution in [0.2, 0.25) is 0 Å². The van der Waals surface area contributed by atoms with Crippen molar-refractivity contribution in [1.29, 1.82) is 0 Å². The fraction of sp³-hybridized carbons (Fsp3) is 0.800. The number of hydrogen-bond acceptors (Lipinski definition) is 2. The lowest BCUT2D eigenvalue weighted by molar-refractivity contribution is -0.157. The Morgan fingerprint density at radius 1 is 1.42 bits per heavy atom. The average molecular weight is 169 g/mol. The van der Waals surface area contributed by atoms with E-state index in [0.29, 0.717) is 0 Å². The summed E-state index contributed by atoms with van der Waals surface area (Å²) >= 11 is 0. The van der Waals surface area contributed by atoms with Gasteiger partial charge in [-0.3, -0.25) is 4.79 Å². The molecule has 12 heavy (non-hydrogen) atoms. The highest BCUT2D eigenvalue weighted by Crippen LogP contribution is 2.34. The van der Waals surface area contributed by atoms with E-state index < -0.39 is 0 Å². The van der Waals surface area contributed by atoms with E-state index in [2.05, 4.69) is 13.8 Å². The minimum Gasteiger partial charge on any atom is -0.459 e. The zero-order chi connectivity index (χ0) is 9.03. The molecule has 69 valence electrons. The average Bonchev–Trinajstić information content (AvgIpc) is 2.05. The third kappa shape index (κ3) is 2.23. The molecular weight excluding hydrogens is 152 g/mol. The maximum atomic E-state index is 10.7. The number of hydrogen-bond donors (Lipinski definition) is 0. The van der Waals surface area contributed by atoms with Crippen molar-refractivity contribution in [2.24, 2.45) is 0 Å². The first-order valence-corrected chi connectivity index (χ1v) is 4.73. The predicted molar refractivity (Wildman–Crippen MR) is 47.6 cm³/mol. The summed E-state index contributed by atoms with van der Waals surface area (Å²) in [6.07, 6.45) is 6.60. The van der Waals surface area contributed by atoms with E-state index in [-0.39, 0.29) is 11.6 Å². The standard InChI is InChI=1S/C10H17O2/c1-3-10(12-9(2)11)7-5-4-6-8-10/h2-8H2,1H3. The van der Waals surface area contributed by atoms with Crippen LogP contribution in [0.1, 0.15) is 45.4 Å². The van der Waals surface area contributed by atoms with Gasteiger partial charge in [-0.2, -0.15) is 0 Å². The molecule has 0 N–H and O–H groups in total. The topological polar surface area (TPSA) is 26.3 Å². The lowest BCUT2D eigenvalue weighted by atomic mass is 9.83. The van der Waals surface area contributed by atoms with Crippen LogP contribution in [0.4, 0.5) is 0 Å². The van der Waals surface area contributed by atoms with Crippen molar-refractivity contribution < 1.29 is 9.53 Å². The Morgan fingerprint density at radius 3 is 2.42 bits per heavy atom. The lowest BCUT2D eigenvalue weighted by Gasteiger charge is -2.35. The Hall–Kier alpha value is -0.530. The molecule has 0 aliphatic heterocycles. The molecular formula is C10H17O2. The van der Waals surface area contributed by atoms with Gasteiger partial charge in [0.25, 0.3) is 0 Å². The van der Waals surface area contributed by atoms with Crippen LogP contribution >= 0.6 is 0 Å². The third-order valence-corrected chi connectivity index (χ3v) is 2.74. The van der Waals surface area contributed by atoms with Crippen molar-refractivity contribution in [2.45, 2.75) is 51.0 Å². The highest BCUT2D eigenvalue weighted by atomic mass is 16.6. The summed E-state index contributed by atoms with van der Waals surface area (Å²) in [5.74, 6) is -0.376. The number of carbonyl (C=O) groups is 1. The molecule has 0 atom stereocenters. The summed E-state index contributed by atoms with van der Waals surface area (Å²) in [5.41, 5.74) is -0.170. The van der Waals surface area contributed by atoms with Crippen molar-refractivity contribution in [3.63, 3.8) is 0 Å². The van der Waals surface area contributed by atoms with Gasteiger partial charge in [-0.05, 0) is 32.1 Å². The van der Waals surface area contributed by atoms with Gasteiger partial charge >= 0.3 is 5.97 Å². The van der Waals surface area contributed by atoms with Crippen molar-refractivity contribution in [2.75, 3.05) is 0 Å². The zero-order valence-electron chi connectivity index (χ0n) is 7.77. The molecule has 0 spiro atoms. The minimum absolute atomic E-state index is 0.170. The first-order valence-electron chi connectivity index (χ1n) is 4.73. The molecule has 1 saturated carbocycles. The normalized spacial score (nSPS) is 21.8. The van der Waals surface area contributed by atoms with E-state index in [4.69, 9.17) is 4.74 Å². The van der Waals surface area contributed by atoms with Gasteiger partial charge in [-0.1, -0.05) is 13.3 Å². The molecule has 1 aliphatic carbocycles. The van der Waals surface area contributed by atoms with Gasteiger partial charge in [0.15, 0.2) is 0 Å². The first kappa shape index (κ1) is 9.56. The zero-order valence-corrected chi connectivity index (χ0v) is 7.77. The summed E-state index contributed by atoms with van der Waals surface area (Å²) in [7, 11) is 0. The monoisotopic (exact) mass is 169 g/mol. The summed E-state index contributed by atoms with van der Waals surface area (Å²) < 4.78 is 5.28. The van der Waals surface area contributed by atoms with E-state index in [1.165, 1.54) is 19.3 Å². The Labute approximate surface area is 74.3 Å². The van der Waals surface area contributed by atoms with E-state index in [9.17, 15) is 4.79 Å². The Bertz CT molecular complexity index is 157. The van der Waals surface area contributed by atoms with Gasteiger partial charge in [0.05, 0.1) is 6.92 Å². The Morgan fingerprint density at radius 2 is 2.00 bits per heavy atom. The van der Waals surface area contributed by atoms with Crippen molar-refractivity contribution >= 4 is 5.97 Å². The van der Waals surface area contributed by atoms with Gasteiger partial charge in [-0.25, -0.2) is 0 Å². The maximum Gasteiger partial charge on any atom is 0.306 e. The smallest absolute Gasteiger partial charge is 0.306 e. The Balaban J connectivity index is 2.53. The van der Waals surface area contributed by atoms with Gasteiger partial charge in [0.1, 0.15) is 5.60 Å². The number of rotatable bonds is 2. The fourth-order valence-corrected chi connectivity index (χ4v) is 1.97. The summed E-state index contributed by atoms with van der Waals surface area (Å²) in [4.78, 5) is 10.7. The molecule has 2 nitrogen and oxygen atoms in total. The summed E-state index contributed by atoms with van der Waals surface area (Å²) in [6.45, 7) is 5.34. The van der Waals surface area contributed by atoms with Gasteiger partial charge < -0.3 is 4.74 Å². The van der Waals surface area contributed by atoms with Crippen LogP contribution in [0.25, 0.3) is 0 Å². The summed E-state index contributed by atoms with van der Waals surface area (Å²) in [6, 6.07) is 0. The first-order chi connectivity index (χ1) is 5.68. The molecule has 0 aromatic carbocycles. The minimum atomic E-state index is -0.376. The van der Waals surface area contributed by atoms with Crippen molar-refractivity contribution in [3.8, 4) is 0 Å². The molecule has 0 saturated heterocycles. The number of ether oxygens (including phenoxy) is 1. The summed E-state index contributed by atoms with van der Waals surface area (Å²) in [5, 5.41) is 0.